The van der Waals surface area contributed by atoms with Gasteiger partial charge in [-0.25, -0.2) is 0 Å². The highest BCUT2D eigenvalue weighted by Crippen LogP contribution is 1.92. The summed E-state index contributed by atoms with van der Waals surface area (Å²) in [6.45, 7) is 0.459. The number of nitrogens with one attached hydrogen (secondary N) is 2. The third-order valence-electron chi connectivity index (χ3n) is 1.26. The summed E-state index contributed by atoms with van der Waals surface area (Å²) < 4.78 is 4.82. The third-order valence-corrected chi connectivity index (χ3v) is 1.51. The predicted molar refractivity (Wildman–Crippen MR) is 39.5 cm³/mol. The lowest BCUT2D eigenvalue weighted by molar-refractivity contribution is -0.130. The van der Waals surface area contributed by atoms with Gasteiger partial charge >= 0.3 is 0 Å². The molecule has 0 saturated carbocycles. The summed E-state index contributed by atoms with van der Waals surface area (Å²) in [6.07, 6.45) is -0.410. The van der Waals surface area contributed by atoms with Crippen LogP contribution in [0.15, 0.2) is 0 Å². The van der Waals surface area contributed by atoms with E-state index in [4.69, 9.17) is 4.74 Å². The van der Waals surface area contributed by atoms with Crippen LogP contribution >= 0.6 is 12.2 Å². The van der Waals surface area contributed by atoms with Crippen molar-refractivity contribution in [3.63, 3.8) is 0 Å². The van der Waals surface area contributed by atoms with E-state index in [1.807, 2.05) is 0 Å². The molecule has 1 rings (SSSR count). The Morgan fingerprint density at radius 3 is 3.00 bits per heavy atom. The van der Waals surface area contributed by atoms with E-state index in [9.17, 15) is 4.79 Å². The lowest BCUT2D eigenvalue weighted by Gasteiger charge is -2.22. The van der Waals surface area contributed by atoms with Crippen molar-refractivity contribution in [1.29, 1.82) is 0 Å². The minimum absolute atomic E-state index is 0.175. The molecular weight excluding hydrogens is 152 g/mol. The van der Waals surface area contributed by atoms with Crippen LogP contribution in [0.2, 0.25) is 0 Å². The molecule has 0 aromatic heterocycles. The fourth-order valence-corrected chi connectivity index (χ4v) is 0.889. The average molecular weight is 160 g/mol. The third kappa shape index (κ3) is 1.43. The minimum atomic E-state index is -0.410. The van der Waals surface area contributed by atoms with Crippen molar-refractivity contribution in [1.82, 2.24) is 10.6 Å². The van der Waals surface area contributed by atoms with Gasteiger partial charge in [-0.15, -0.1) is 0 Å². The molecule has 1 fully saturated rings. The maximum Gasteiger partial charge on any atom is 0.257 e. The van der Waals surface area contributed by atoms with Crippen LogP contribution in [0.3, 0.4) is 0 Å². The van der Waals surface area contributed by atoms with Crippen LogP contribution in [0.4, 0.5) is 0 Å². The molecule has 1 atom stereocenters. The van der Waals surface area contributed by atoms with Crippen molar-refractivity contribution in [2.75, 3.05) is 13.7 Å². The largest absolute Gasteiger partial charge is 0.370 e. The van der Waals surface area contributed by atoms with E-state index in [2.05, 4.69) is 22.9 Å². The Morgan fingerprint density at radius 1 is 1.80 bits per heavy atom. The number of amides is 1. The van der Waals surface area contributed by atoms with Gasteiger partial charge in [0.05, 0.1) is 6.54 Å². The first-order valence-electron chi connectivity index (χ1n) is 2.85. The Kier molecular flexibility index (Phi) is 2.18. The molecule has 1 heterocycles. The smallest absolute Gasteiger partial charge is 0.257 e. The standard InChI is InChI=1S/C5H8N2O2S/c1-9-3-2-6-5(10)7-4(3)8/h3H,2H2,1H3,(H2,6,7,8,10). The molecule has 0 spiro atoms. The Hall–Kier alpha value is -0.680. The first kappa shape index (κ1) is 7.43. The Balaban J connectivity index is 2.51. The van der Waals surface area contributed by atoms with Gasteiger partial charge in [-0.05, 0) is 12.2 Å². The first-order chi connectivity index (χ1) is 4.74. The molecule has 0 aromatic rings. The Morgan fingerprint density at radius 2 is 2.50 bits per heavy atom. The Labute approximate surface area is 63.9 Å². The quantitative estimate of drug-likeness (QED) is 0.483. The summed E-state index contributed by atoms with van der Waals surface area (Å²) in [7, 11) is 1.49. The number of hydrogen-bond acceptors (Lipinski definition) is 3. The number of ether oxygens (including phenoxy) is 1. The molecule has 1 unspecified atom stereocenters. The highest BCUT2D eigenvalue weighted by atomic mass is 32.1. The zero-order valence-electron chi connectivity index (χ0n) is 5.51. The van der Waals surface area contributed by atoms with Gasteiger partial charge in [0.1, 0.15) is 0 Å². The summed E-state index contributed by atoms with van der Waals surface area (Å²) in [5.74, 6) is -0.175. The summed E-state index contributed by atoms with van der Waals surface area (Å²) in [4.78, 5) is 10.9. The molecule has 1 aliphatic heterocycles. The normalized spacial score (nSPS) is 25.5. The Bertz CT molecular complexity index is 171. The first-order valence-corrected chi connectivity index (χ1v) is 3.26. The summed E-state index contributed by atoms with van der Waals surface area (Å²) in [6, 6.07) is 0. The van der Waals surface area contributed by atoms with Crippen molar-refractivity contribution in [2.45, 2.75) is 6.10 Å². The topological polar surface area (TPSA) is 50.4 Å². The van der Waals surface area contributed by atoms with E-state index in [0.717, 1.165) is 0 Å². The molecule has 5 heteroatoms. The van der Waals surface area contributed by atoms with Crippen LogP contribution in [0, 0.1) is 0 Å². The number of rotatable bonds is 1. The number of carbonyl (C=O) groups is 1. The molecule has 56 valence electrons. The maximum atomic E-state index is 10.9. The van der Waals surface area contributed by atoms with Gasteiger partial charge in [-0.1, -0.05) is 0 Å². The number of carbonyl (C=O) groups excluding carboxylic acids is 1. The molecule has 4 nitrogen and oxygen atoms in total. The second-order valence-corrected chi connectivity index (χ2v) is 2.33. The van der Waals surface area contributed by atoms with Gasteiger partial charge in [0.2, 0.25) is 0 Å². The second-order valence-electron chi connectivity index (χ2n) is 1.92. The fourth-order valence-electron chi connectivity index (χ4n) is 0.705. The van der Waals surface area contributed by atoms with Gasteiger partial charge < -0.3 is 15.4 Å². The van der Waals surface area contributed by atoms with E-state index in [0.29, 0.717) is 11.7 Å². The van der Waals surface area contributed by atoms with Gasteiger partial charge in [0.15, 0.2) is 11.2 Å². The lowest BCUT2D eigenvalue weighted by atomic mass is 10.3. The zero-order chi connectivity index (χ0) is 7.56. The van der Waals surface area contributed by atoms with Crippen molar-refractivity contribution in [3.8, 4) is 0 Å². The van der Waals surface area contributed by atoms with Gasteiger partial charge in [-0.2, -0.15) is 0 Å². The van der Waals surface area contributed by atoms with Crippen LogP contribution in [-0.4, -0.2) is 30.8 Å². The average Bonchev–Trinajstić information content (AvgIpc) is 1.88. The molecule has 1 aliphatic rings. The van der Waals surface area contributed by atoms with E-state index in [-0.39, 0.29) is 5.91 Å². The number of thiocarbonyl (C=S) groups is 1. The highest BCUT2D eigenvalue weighted by Gasteiger charge is 2.23. The molecule has 0 aliphatic carbocycles. The number of methoxy groups -OCH3 is 1. The summed E-state index contributed by atoms with van der Waals surface area (Å²) in [5, 5.41) is 5.60. The monoisotopic (exact) mass is 160 g/mol. The molecular formula is C5H8N2O2S. The van der Waals surface area contributed by atoms with E-state index < -0.39 is 6.10 Å². The van der Waals surface area contributed by atoms with Crippen molar-refractivity contribution >= 4 is 23.2 Å². The molecule has 1 saturated heterocycles. The van der Waals surface area contributed by atoms with Crippen LogP contribution in [-0.2, 0) is 9.53 Å². The highest BCUT2D eigenvalue weighted by molar-refractivity contribution is 7.80. The van der Waals surface area contributed by atoms with Crippen LogP contribution in [0.5, 0.6) is 0 Å². The number of hydrogen-bond donors (Lipinski definition) is 2. The predicted octanol–water partition coefficient (Wildman–Crippen LogP) is -0.994. The van der Waals surface area contributed by atoms with E-state index in [1.165, 1.54) is 7.11 Å². The van der Waals surface area contributed by atoms with Crippen LogP contribution in [0.1, 0.15) is 0 Å². The lowest BCUT2D eigenvalue weighted by Crippen LogP contribution is -2.55. The molecule has 1 amide bonds. The molecule has 10 heavy (non-hydrogen) atoms. The van der Waals surface area contributed by atoms with Crippen LogP contribution < -0.4 is 10.6 Å². The minimum Gasteiger partial charge on any atom is -0.370 e. The fraction of sp³-hybridized carbons (Fsp3) is 0.600. The summed E-state index contributed by atoms with van der Waals surface area (Å²) in [5.41, 5.74) is 0. The van der Waals surface area contributed by atoms with Gasteiger partial charge in [0.25, 0.3) is 5.91 Å². The van der Waals surface area contributed by atoms with Crippen molar-refractivity contribution in [3.05, 3.63) is 0 Å². The van der Waals surface area contributed by atoms with Gasteiger partial charge in [-0.3, -0.25) is 4.79 Å². The van der Waals surface area contributed by atoms with E-state index in [1.54, 1.807) is 0 Å². The molecule has 0 aromatic carbocycles. The summed E-state index contributed by atoms with van der Waals surface area (Å²) >= 11 is 4.68. The maximum absolute atomic E-state index is 10.9. The van der Waals surface area contributed by atoms with Crippen molar-refractivity contribution in [2.24, 2.45) is 0 Å². The molecule has 0 bridgehead atoms. The van der Waals surface area contributed by atoms with E-state index >= 15 is 0 Å². The molecule has 0 radical (unpaired) electrons. The van der Waals surface area contributed by atoms with Crippen molar-refractivity contribution < 1.29 is 9.53 Å². The molecule has 2 N–H and O–H groups in total. The zero-order valence-corrected chi connectivity index (χ0v) is 6.33. The second kappa shape index (κ2) is 2.94. The van der Waals surface area contributed by atoms with Gasteiger partial charge in [0, 0.05) is 7.11 Å². The SMILES string of the molecule is COC1CNC(=S)NC1=O. The van der Waals surface area contributed by atoms with Crippen LogP contribution in [0.25, 0.3) is 0 Å².